The molecule has 19 heteroatoms. The van der Waals surface area contributed by atoms with Crippen LogP contribution < -0.4 is 4.74 Å². The van der Waals surface area contributed by atoms with E-state index in [4.69, 9.17) is 33.2 Å². The van der Waals surface area contributed by atoms with Gasteiger partial charge in [-0.1, -0.05) is 36.4 Å². The lowest BCUT2D eigenvalue weighted by Gasteiger charge is -2.43. The van der Waals surface area contributed by atoms with Gasteiger partial charge in [0.05, 0.1) is 47.9 Å². The number of benzene rings is 3. The number of thioether (sulfide) groups is 1. The van der Waals surface area contributed by atoms with E-state index in [0.717, 1.165) is 11.1 Å². The number of imide groups is 1. The second-order valence-corrected chi connectivity index (χ2v) is 18.7. The highest BCUT2D eigenvalue weighted by Crippen LogP contribution is 2.53. The van der Waals surface area contributed by atoms with Crippen molar-refractivity contribution >= 4 is 46.9 Å². The molecule has 0 radical (unpaired) electrons. The van der Waals surface area contributed by atoms with Gasteiger partial charge in [0.1, 0.15) is 29.0 Å². The summed E-state index contributed by atoms with van der Waals surface area (Å²) in [5.41, 5.74) is -2.12. The Labute approximate surface area is 389 Å². The van der Waals surface area contributed by atoms with Crippen LogP contribution in [0.15, 0.2) is 42.5 Å². The van der Waals surface area contributed by atoms with Gasteiger partial charge in [-0.3, -0.25) is 38.6 Å². The minimum absolute atomic E-state index is 0.0725. The third kappa shape index (κ3) is 8.43. The van der Waals surface area contributed by atoms with Crippen molar-refractivity contribution in [1.82, 2.24) is 9.80 Å². The quantitative estimate of drug-likeness (QED) is 0.0937. The molecule has 2 amide bonds. The summed E-state index contributed by atoms with van der Waals surface area (Å²) in [6.07, 6.45) is -2.75. The van der Waals surface area contributed by atoms with Crippen LogP contribution in [0.4, 0.5) is 0 Å². The number of methoxy groups -OCH3 is 2. The van der Waals surface area contributed by atoms with Crippen LogP contribution >= 0.6 is 11.8 Å². The summed E-state index contributed by atoms with van der Waals surface area (Å²) in [4.78, 5) is 83.6. The standard InChI is InChI=1S/C48H52N2O16S/c1-23-44-28(49-16-17-62-47(61-3)46(49)66-44)18-35(64-23)65-30-21-48(59,20-27-37(30)43(57)39-38(41(27)55)40(54)26-6-5-7-29(60-2)36(26)42(39)56)32(51)22-63-34(53)13-12-24-8-10-25(11-9-24)14-15-50-33(52)19-31(67-4)45(50)58/h5-11,23,28,30-31,35,44,46-47,55,57,59H,12-22H2,1-4H3/t23-,28-,30-,31?,35-,44+,46+,47-,48-/m0/s1. The summed E-state index contributed by atoms with van der Waals surface area (Å²) in [6.45, 7) is 2.16. The largest absolute Gasteiger partial charge is 0.507 e. The highest BCUT2D eigenvalue weighted by Gasteiger charge is 2.55. The van der Waals surface area contributed by atoms with E-state index in [2.05, 4.69) is 4.90 Å². The Morgan fingerprint density at radius 3 is 2.37 bits per heavy atom. The zero-order valence-electron chi connectivity index (χ0n) is 37.4. The number of Topliss-reactive ketones (excluding diaryl/α,β-unsaturated/α-hetero) is 1. The lowest BCUT2D eigenvalue weighted by atomic mass is 9.72. The molecule has 9 rings (SSSR count). The molecule has 0 aromatic heterocycles. The number of hydrogen-bond donors (Lipinski definition) is 3. The smallest absolute Gasteiger partial charge is 0.306 e. The lowest BCUT2D eigenvalue weighted by molar-refractivity contribution is -0.256. The fourth-order valence-corrected chi connectivity index (χ4v) is 11.0. The third-order valence-corrected chi connectivity index (χ3v) is 14.8. The Balaban J connectivity index is 0.926. The molecule has 18 nitrogen and oxygen atoms in total. The van der Waals surface area contributed by atoms with Gasteiger partial charge in [-0.2, -0.15) is 11.8 Å². The number of morpholine rings is 1. The number of amides is 2. The van der Waals surface area contributed by atoms with E-state index >= 15 is 0 Å². The molecule has 0 bridgehead atoms. The van der Waals surface area contributed by atoms with Crippen molar-refractivity contribution in [3.8, 4) is 17.2 Å². The Bertz CT molecular complexity index is 2520. The normalized spacial score (nSPS) is 28.9. The highest BCUT2D eigenvalue weighted by atomic mass is 32.2. The van der Waals surface area contributed by atoms with Gasteiger partial charge in [-0.25, -0.2) is 0 Å². The van der Waals surface area contributed by atoms with Crippen molar-refractivity contribution < 1.29 is 77.2 Å². The number of aromatic hydroxyl groups is 2. The molecule has 3 aromatic rings. The summed E-state index contributed by atoms with van der Waals surface area (Å²) in [6, 6.07) is 11.5. The van der Waals surface area contributed by atoms with Crippen LogP contribution in [0.3, 0.4) is 0 Å². The molecular formula is C48H52N2O16S. The van der Waals surface area contributed by atoms with E-state index < -0.39 is 108 Å². The SMILES string of the molecule is COc1cccc2c1C(=O)c1c(O)c3c(c(O)c1C2=O)C[C@@](O)(C(=O)COC(=O)CCc1ccc(CCN2C(=O)CC(SC)C2=O)cc1)C[C@@H]3O[C@H]1C[C@H]2[C@H](O[C@@H]3[C@@H](OC)OCCN32)[C@H](C)O1. The molecule has 0 spiro atoms. The number of fused-ring (bicyclic) bond motifs is 6. The van der Waals surface area contributed by atoms with Crippen LogP contribution in [0.1, 0.15) is 92.8 Å². The zero-order valence-corrected chi connectivity index (χ0v) is 38.2. The number of aryl methyl sites for hydroxylation is 1. The fraction of sp³-hybridized carbons (Fsp3) is 0.500. The summed E-state index contributed by atoms with van der Waals surface area (Å²) in [7, 11) is 2.86. The van der Waals surface area contributed by atoms with E-state index in [-0.39, 0.29) is 83.3 Å². The predicted molar refractivity (Wildman–Crippen MR) is 235 cm³/mol. The van der Waals surface area contributed by atoms with E-state index in [1.54, 1.807) is 6.26 Å². The molecule has 356 valence electrons. The van der Waals surface area contributed by atoms with E-state index in [9.17, 15) is 44.1 Å². The number of esters is 1. The first-order valence-electron chi connectivity index (χ1n) is 22.3. The molecule has 1 unspecified atom stereocenters. The van der Waals surface area contributed by atoms with Gasteiger partial charge in [-0.15, -0.1) is 0 Å². The van der Waals surface area contributed by atoms with Crippen molar-refractivity contribution in [3.05, 3.63) is 87.0 Å². The highest BCUT2D eigenvalue weighted by molar-refractivity contribution is 8.00. The van der Waals surface area contributed by atoms with Gasteiger partial charge in [-0.05, 0) is 43.2 Å². The van der Waals surface area contributed by atoms with Crippen molar-refractivity contribution in [2.45, 2.75) is 106 Å². The molecule has 9 atom stereocenters. The third-order valence-electron chi connectivity index (χ3n) is 13.8. The van der Waals surface area contributed by atoms with Crippen LogP contribution in [0, 0.1) is 0 Å². The van der Waals surface area contributed by atoms with Crippen LogP contribution in [0.25, 0.3) is 0 Å². The number of aliphatic hydroxyl groups is 1. The van der Waals surface area contributed by atoms with Gasteiger partial charge < -0.3 is 48.5 Å². The van der Waals surface area contributed by atoms with Crippen molar-refractivity contribution in [2.24, 2.45) is 0 Å². The molecule has 0 saturated carbocycles. The number of likely N-dealkylation sites (tertiary alicyclic amines) is 1. The van der Waals surface area contributed by atoms with Gasteiger partial charge in [0, 0.05) is 75.0 Å². The average molecular weight is 945 g/mol. The minimum Gasteiger partial charge on any atom is -0.507 e. The molecule has 4 heterocycles. The molecule has 3 N–H and O–H groups in total. The molecule has 4 aliphatic heterocycles. The van der Waals surface area contributed by atoms with Crippen molar-refractivity contribution in [2.75, 3.05) is 46.8 Å². The predicted octanol–water partition coefficient (Wildman–Crippen LogP) is 2.93. The number of hydrogen-bond acceptors (Lipinski definition) is 18. The van der Waals surface area contributed by atoms with Crippen LogP contribution in [0.5, 0.6) is 17.2 Å². The molecule has 3 aromatic carbocycles. The van der Waals surface area contributed by atoms with E-state index in [1.165, 1.54) is 49.1 Å². The number of ether oxygens (including phenoxy) is 7. The number of carbonyl (C=O) groups is 6. The second kappa shape index (κ2) is 18.7. The minimum atomic E-state index is -2.37. The maximum absolute atomic E-state index is 14.2. The van der Waals surface area contributed by atoms with Gasteiger partial charge >= 0.3 is 5.97 Å². The van der Waals surface area contributed by atoms with Gasteiger partial charge in [0.25, 0.3) is 0 Å². The number of rotatable bonds is 14. The number of nitrogens with zero attached hydrogens (tertiary/aromatic N) is 2. The molecule has 4 fully saturated rings. The summed E-state index contributed by atoms with van der Waals surface area (Å²) in [5, 5.41) is 36.0. The number of phenols is 2. The number of carbonyl (C=O) groups excluding carboxylic acids is 6. The summed E-state index contributed by atoms with van der Waals surface area (Å²) < 4.78 is 41.3. The average Bonchev–Trinajstić information content (AvgIpc) is 3.84. The van der Waals surface area contributed by atoms with Crippen LogP contribution in [-0.4, -0.2) is 155 Å². The van der Waals surface area contributed by atoms with E-state index in [1.807, 2.05) is 31.2 Å². The van der Waals surface area contributed by atoms with Crippen LogP contribution in [-0.2, 0) is 66.9 Å². The molecule has 4 saturated heterocycles. The molecule has 2 aliphatic carbocycles. The summed E-state index contributed by atoms with van der Waals surface area (Å²) >= 11 is 1.36. The van der Waals surface area contributed by atoms with Gasteiger partial charge in [0.2, 0.25) is 23.4 Å². The first-order valence-corrected chi connectivity index (χ1v) is 23.5. The van der Waals surface area contributed by atoms with E-state index in [0.29, 0.717) is 19.6 Å². The van der Waals surface area contributed by atoms with Crippen LogP contribution in [0.2, 0.25) is 0 Å². The maximum atomic E-state index is 14.2. The maximum Gasteiger partial charge on any atom is 0.306 e. The molecular weight excluding hydrogens is 893 g/mol. The Morgan fingerprint density at radius 1 is 0.940 bits per heavy atom. The second-order valence-electron chi connectivity index (χ2n) is 17.7. The molecule has 67 heavy (non-hydrogen) atoms. The van der Waals surface area contributed by atoms with Crippen molar-refractivity contribution in [3.63, 3.8) is 0 Å². The number of ketones is 3. The monoisotopic (exact) mass is 944 g/mol. The molecule has 6 aliphatic rings. The first-order chi connectivity index (χ1) is 32.2. The van der Waals surface area contributed by atoms with Crippen molar-refractivity contribution in [1.29, 1.82) is 0 Å². The number of phenolic OH excluding ortho intramolecular Hbond substituents is 2. The lowest BCUT2D eigenvalue weighted by Crippen LogP contribution is -2.55. The fourth-order valence-electron chi connectivity index (χ4n) is 10.3. The Morgan fingerprint density at radius 2 is 1.67 bits per heavy atom. The topological polar surface area (TPSA) is 234 Å². The zero-order chi connectivity index (χ0) is 47.5. The summed E-state index contributed by atoms with van der Waals surface area (Å²) in [5.74, 6) is -4.88. The van der Waals surface area contributed by atoms with Gasteiger partial charge in [0.15, 0.2) is 31.2 Å². The first kappa shape index (κ1) is 46.8. The Hall–Kier alpha value is -5.25. The Kier molecular flexibility index (Phi) is 13.1.